The van der Waals surface area contributed by atoms with Crippen molar-refractivity contribution < 1.29 is 37.0 Å². The number of carbonyl (C=O) groups excluding carboxylic acids is 2. The molecule has 1 aromatic rings. The first-order valence-corrected chi connectivity index (χ1v) is 8.01. The van der Waals surface area contributed by atoms with Gasteiger partial charge in [0, 0.05) is 20.3 Å². The average molecular weight is 375 g/mol. The predicted molar refractivity (Wildman–Crippen MR) is 86.3 cm³/mol. The Bertz CT molecular complexity index is 690. The van der Waals surface area contributed by atoms with E-state index in [1.807, 2.05) is 0 Å². The fourth-order valence-electron chi connectivity index (χ4n) is 2.71. The highest BCUT2D eigenvalue weighted by molar-refractivity contribution is 6.02. The summed E-state index contributed by atoms with van der Waals surface area (Å²) in [5.74, 6) is -1.61. The molecule has 0 radical (unpaired) electrons. The molecule has 0 aromatic heterocycles. The SMILES string of the molecule is COCCCCN1C(=O)[C@@H](C)Oc2cc(C(F)(F)F)c(C(=O)OC)cc21. The number of alkyl halides is 3. The van der Waals surface area contributed by atoms with Crippen LogP contribution >= 0.6 is 0 Å². The van der Waals surface area contributed by atoms with Gasteiger partial charge in [0.25, 0.3) is 5.91 Å². The number of esters is 1. The number of anilines is 1. The van der Waals surface area contributed by atoms with Crippen molar-refractivity contribution in [3.05, 3.63) is 23.3 Å². The molecule has 0 unspecified atom stereocenters. The number of hydrogen-bond acceptors (Lipinski definition) is 5. The quantitative estimate of drug-likeness (QED) is 0.565. The van der Waals surface area contributed by atoms with Crippen LogP contribution < -0.4 is 9.64 Å². The van der Waals surface area contributed by atoms with E-state index in [0.717, 1.165) is 19.2 Å². The van der Waals surface area contributed by atoms with Gasteiger partial charge in [-0.25, -0.2) is 4.79 Å². The highest BCUT2D eigenvalue weighted by atomic mass is 19.4. The molecule has 1 aliphatic rings. The first-order valence-electron chi connectivity index (χ1n) is 8.01. The number of nitrogens with zero attached hydrogens (tertiary/aromatic N) is 1. The maximum Gasteiger partial charge on any atom is 0.417 e. The second kappa shape index (κ2) is 7.94. The molecular weight excluding hydrogens is 355 g/mol. The average Bonchev–Trinajstić information content (AvgIpc) is 2.59. The van der Waals surface area contributed by atoms with Crippen LogP contribution in [0.5, 0.6) is 5.75 Å². The summed E-state index contributed by atoms with van der Waals surface area (Å²) in [6.07, 6.45) is -4.43. The minimum absolute atomic E-state index is 0.0937. The number of unbranched alkanes of at least 4 members (excludes halogenated alkanes) is 1. The van der Waals surface area contributed by atoms with Crippen LogP contribution in [0.1, 0.15) is 35.7 Å². The fourth-order valence-corrected chi connectivity index (χ4v) is 2.71. The van der Waals surface area contributed by atoms with Gasteiger partial charge in [-0.15, -0.1) is 0 Å². The van der Waals surface area contributed by atoms with Crippen molar-refractivity contribution in [2.75, 3.05) is 32.3 Å². The van der Waals surface area contributed by atoms with Gasteiger partial charge in [0.15, 0.2) is 6.10 Å². The smallest absolute Gasteiger partial charge is 0.417 e. The lowest BCUT2D eigenvalue weighted by Gasteiger charge is -2.34. The highest BCUT2D eigenvalue weighted by Gasteiger charge is 2.40. The molecule has 0 N–H and O–H groups in total. The van der Waals surface area contributed by atoms with E-state index >= 15 is 0 Å². The summed E-state index contributed by atoms with van der Waals surface area (Å²) in [7, 11) is 2.55. The summed E-state index contributed by atoms with van der Waals surface area (Å²) in [6, 6.07) is 1.75. The van der Waals surface area contributed by atoms with Crippen LogP contribution in [0.3, 0.4) is 0 Å². The Balaban J connectivity index is 2.48. The minimum Gasteiger partial charge on any atom is -0.479 e. The lowest BCUT2D eigenvalue weighted by molar-refractivity contribution is -0.138. The van der Waals surface area contributed by atoms with E-state index in [-0.39, 0.29) is 23.9 Å². The zero-order chi connectivity index (χ0) is 19.5. The predicted octanol–water partition coefficient (Wildman–Crippen LogP) is 3.03. The molecule has 1 atom stereocenters. The van der Waals surface area contributed by atoms with E-state index in [1.165, 1.54) is 11.8 Å². The Hall–Kier alpha value is -2.29. The summed E-state index contributed by atoms with van der Waals surface area (Å²) in [4.78, 5) is 25.6. The molecule has 0 aliphatic carbocycles. The first-order chi connectivity index (χ1) is 12.2. The molecule has 0 bridgehead atoms. The van der Waals surface area contributed by atoms with Gasteiger partial charge in [0.2, 0.25) is 0 Å². The second-order valence-electron chi connectivity index (χ2n) is 5.80. The van der Waals surface area contributed by atoms with E-state index in [1.54, 1.807) is 7.11 Å². The Morgan fingerprint density at radius 3 is 2.54 bits per heavy atom. The largest absolute Gasteiger partial charge is 0.479 e. The van der Waals surface area contributed by atoms with Gasteiger partial charge in [-0.3, -0.25) is 4.79 Å². The first kappa shape index (κ1) is 20.0. The summed E-state index contributed by atoms with van der Waals surface area (Å²) in [5.41, 5.74) is -1.70. The number of benzene rings is 1. The van der Waals surface area contributed by atoms with Crippen LogP contribution in [0.4, 0.5) is 18.9 Å². The van der Waals surface area contributed by atoms with Gasteiger partial charge >= 0.3 is 12.1 Å². The molecule has 144 valence electrons. The third kappa shape index (κ3) is 4.09. The number of carbonyl (C=O) groups is 2. The molecule has 0 saturated carbocycles. The van der Waals surface area contributed by atoms with Gasteiger partial charge in [0.1, 0.15) is 5.75 Å². The fraction of sp³-hybridized carbons (Fsp3) is 0.529. The molecule has 1 aliphatic heterocycles. The molecule has 9 heteroatoms. The van der Waals surface area contributed by atoms with Crippen LogP contribution in [0.2, 0.25) is 0 Å². The number of ether oxygens (including phenoxy) is 3. The summed E-state index contributed by atoms with van der Waals surface area (Å²) in [6.45, 7) is 2.24. The highest BCUT2D eigenvalue weighted by Crippen LogP contribution is 2.42. The van der Waals surface area contributed by atoms with Crippen LogP contribution in [-0.4, -0.2) is 45.4 Å². The Labute approximate surface area is 148 Å². The molecule has 2 rings (SSSR count). The molecule has 0 spiro atoms. The zero-order valence-electron chi connectivity index (χ0n) is 14.7. The van der Waals surface area contributed by atoms with Crippen LogP contribution in [0.15, 0.2) is 12.1 Å². The van der Waals surface area contributed by atoms with Crippen molar-refractivity contribution in [1.82, 2.24) is 0 Å². The van der Waals surface area contributed by atoms with E-state index in [0.29, 0.717) is 19.4 Å². The number of methoxy groups -OCH3 is 2. The van der Waals surface area contributed by atoms with Gasteiger partial charge in [-0.2, -0.15) is 13.2 Å². The molecule has 6 nitrogen and oxygen atoms in total. The maximum absolute atomic E-state index is 13.3. The molecule has 1 aromatic carbocycles. The van der Waals surface area contributed by atoms with Crippen LogP contribution in [0.25, 0.3) is 0 Å². The number of fused-ring (bicyclic) bond motifs is 1. The zero-order valence-corrected chi connectivity index (χ0v) is 14.7. The van der Waals surface area contributed by atoms with Crippen LogP contribution in [-0.2, 0) is 20.4 Å². The topological polar surface area (TPSA) is 65.1 Å². The van der Waals surface area contributed by atoms with Crippen molar-refractivity contribution in [2.45, 2.75) is 32.0 Å². The van der Waals surface area contributed by atoms with Gasteiger partial charge in [0.05, 0.1) is 23.9 Å². The summed E-state index contributed by atoms with van der Waals surface area (Å²) in [5, 5.41) is 0. The van der Waals surface area contributed by atoms with Crippen LogP contribution in [0, 0.1) is 0 Å². The third-order valence-corrected chi connectivity index (χ3v) is 4.00. The van der Waals surface area contributed by atoms with Crippen molar-refractivity contribution in [3.63, 3.8) is 0 Å². The van der Waals surface area contributed by atoms with Crippen molar-refractivity contribution >= 4 is 17.6 Å². The lowest BCUT2D eigenvalue weighted by Crippen LogP contribution is -2.45. The second-order valence-corrected chi connectivity index (χ2v) is 5.80. The molecule has 0 fully saturated rings. The van der Waals surface area contributed by atoms with Crippen molar-refractivity contribution in [2.24, 2.45) is 0 Å². The Morgan fingerprint density at radius 2 is 1.96 bits per heavy atom. The maximum atomic E-state index is 13.3. The van der Waals surface area contributed by atoms with E-state index < -0.39 is 29.4 Å². The third-order valence-electron chi connectivity index (χ3n) is 4.00. The van der Waals surface area contributed by atoms with E-state index in [4.69, 9.17) is 9.47 Å². The number of rotatable bonds is 6. The normalized spacial score (nSPS) is 16.9. The Kier molecular flexibility index (Phi) is 6.12. The molecular formula is C17H20F3NO5. The monoisotopic (exact) mass is 375 g/mol. The molecule has 1 heterocycles. The number of halogens is 3. The summed E-state index contributed by atoms with van der Waals surface area (Å²) >= 11 is 0. The molecule has 1 amide bonds. The molecule has 0 saturated heterocycles. The van der Waals surface area contributed by atoms with Gasteiger partial charge in [-0.05, 0) is 31.9 Å². The number of amides is 1. The van der Waals surface area contributed by atoms with Gasteiger partial charge in [-0.1, -0.05) is 0 Å². The summed E-state index contributed by atoms with van der Waals surface area (Å²) < 4.78 is 54.7. The van der Waals surface area contributed by atoms with E-state index in [9.17, 15) is 22.8 Å². The lowest BCUT2D eigenvalue weighted by atomic mass is 10.0. The minimum atomic E-state index is -4.77. The van der Waals surface area contributed by atoms with Crippen molar-refractivity contribution in [1.29, 1.82) is 0 Å². The van der Waals surface area contributed by atoms with Crippen molar-refractivity contribution in [3.8, 4) is 5.75 Å². The van der Waals surface area contributed by atoms with E-state index in [2.05, 4.69) is 4.74 Å². The standard InChI is InChI=1S/C17H20F3NO5/c1-10-15(22)21(6-4-5-7-24-2)13-8-11(16(23)25-3)12(17(18,19)20)9-14(13)26-10/h8-10H,4-7H2,1-3H3/t10-/m1/s1. The molecule has 26 heavy (non-hydrogen) atoms. The van der Waals surface area contributed by atoms with Gasteiger partial charge < -0.3 is 19.1 Å². The Morgan fingerprint density at radius 1 is 1.27 bits per heavy atom. The number of hydrogen-bond donors (Lipinski definition) is 0.